The molecule has 2 N–H and O–H groups in total. The Labute approximate surface area is 229 Å². The Kier molecular flexibility index (Phi) is 6.22. The first kappa shape index (κ1) is 25.2. The molecule has 0 spiro atoms. The van der Waals surface area contributed by atoms with Gasteiger partial charge in [0, 0.05) is 35.7 Å². The molecule has 0 bridgehead atoms. The van der Waals surface area contributed by atoms with Gasteiger partial charge in [-0.2, -0.15) is 0 Å². The molecule has 0 saturated carbocycles. The summed E-state index contributed by atoms with van der Waals surface area (Å²) in [7, 11) is 3.14. The summed E-state index contributed by atoms with van der Waals surface area (Å²) < 4.78 is 12.3. The number of nitro groups is 1. The van der Waals surface area contributed by atoms with Crippen molar-refractivity contribution in [2.75, 3.05) is 19.5 Å². The maximum Gasteiger partial charge on any atom is 0.277 e. The van der Waals surface area contributed by atoms with Crippen LogP contribution in [0.15, 0.2) is 88.9 Å². The van der Waals surface area contributed by atoms with E-state index in [0.29, 0.717) is 51.8 Å². The number of aromatic amines is 1. The van der Waals surface area contributed by atoms with Crippen LogP contribution in [-0.2, 0) is 4.79 Å². The predicted molar refractivity (Wildman–Crippen MR) is 149 cm³/mol. The Bertz CT molecular complexity index is 1720. The lowest BCUT2D eigenvalue weighted by atomic mass is 9.72. The van der Waals surface area contributed by atoms with Crippen molar-refractivity contribution in [3.05, 3.63) is 121 Å². The molecule has 2 unspecified atom stereocenters. The van der Waals surface area contributed by atoms with Gasteiger partial charge in [0.05, 0.1) is 30.4 Å². The number of rotatable bonds is 6. The molecule has 3 aromatic carbocycles. The van der Waals surface area contributed by atoms with Crippen molar-refractivity contribution in [2.45, 2.75) is 24.7 Å². The van der Waals surface area contributed by atoms with E-state index in [-0.39, 0.29) is 29.4 Å². The molecular weight excluding hydrogens is 512 g/mol. The first-order valence-corrected chi connectivity index (χ1v) is 12.8. The summed E-state index contributed by atoms with van der Waals surface area (Å²) in [5.74, 6) is 0.789. The summed E-state index contributed by atoms with van der Waals surface area (Å²) in [4.78, 5) is 38.5. The summed E-state index contributed by atoms with van der Waals surface area (Å²) in [5, 5.41) is 17.8. The second-order valence-electron chi connectivity index (χ2n) is 9.82. The third-order valence-electron chi connectivity index (χ3n) is 7.62. The Morgan fingerprint density at radius 2 is 1.60 bits per heavy atom. The minimum atomic E-state index is -0.681. The molecule has 2 aliphatic rings. The van der Waals surface area contributed by atoms with Crippen molar-refractivity contribution in [3.63, 3.8) is 0 Å². The second-order valence-corrected chi connectivity index (χ2v) is 9.82. The van der Waals surface area contributed by atoms with E-state index in [1.807, 2.05) is 48.5 Å². The number of nitro benzene ring substituents is 1. The molecule has 4 aromatic rings. The lowest BCUT2D eigenvalue weighted by molar-refractivity contribution is -0.384. The van der Waals surface area contributed by atoms with Crippen LogP contribution in [0.2, 0.25) is 0 Å². The van der Waals surface area contributed by atoms with Gasteiger partial charge in [-0.15, -0.1) is 0 Å². The number of carbonyl (C=O) groups is 1. The number of aromatic nitrogens is 2. The van der Waals surface area contributed by atoms with Crippen molar-refractivity contribution in [1.82, 2.24) is 9.78 Å². The third-order valence-corrected chi connectivity index (χ3v) is 7.62. The average Bonchev–Trinajstić information content (AvgIpc) is 3.31. The number of fused-ring (bicyclic) bond motifs is 1. The molecule has 0 saturated heterocycles. The van der Waals surface area contributed by atoms with E-state index in [2.05, 4.69) is 10.4 Å². The van der Waals surface area contributed by atoms with Crippen molar-refractivity contribution < 1.29 is 19.2 Å². The lowest BCUT2D eigenvalue weighted by Gasteiger charge is -2.34. The van der Waals surface area contributed by atoms with Gasteiger partial charge in [-0.05, 0) is 47.7 Å². The van der Waals surface area contributed by atoms with Crippen LogP contribution in [0.25, 0.3) is 5.69 Å². The number of methoxy groups -OCH3 is 2. The van der Waals surface area contributed by atoms with E-state index in [4.69, 9.17) is 9.47 Å². The largest absolute Gasteiger partial charge is 0.493 e. The highest BCUT2D eigenvalue weighted by Crippen LogP contribution is 2.47. The van der Waals surface area contributed by atoms with Gasteiger partial charge >= 0.3 is 0 Å². The molecule has 40 heavy (non-hydrogen) atoms. The number of ether oxygens (including phenoxy) is 2. The molecule has 2 heterocycles. The molecule has 202 valence electrons. The maximum atomic E-state index is 13.9. The zero-order chi connectivity index (χ0) is 28.0. The van der Waals surface area contributed by atoms with Crippen LogP contribution in [-0.4, -0.2) is 34.7 Å². The highest BCUT2D eigenvalue weighted by Gasteiger charge is 2.41. The highest BCUT2D eigenvalue weighted by molar-refractivity contribution is 6.01. The number of non-ortho nitro benzene ring substituents is 1. The van der Waals surface area contributed by atoms with Gasteiger partial charge in [-0.1, -0.05) is 36.4 Å². The summed E-state index contributed by atoms with van der Waals surface area (Å²) >= 11 is 0. The number of anilines is 1. The van der Waals surface area contributed by atoms with Gasteiger partial charge in [0.1, 0.15) is 5.82 Å². The van der Waals surface area contributed by atoms with Crippen LogP contribution in [0.4, 0.5) is 11.5 Å². The summed E-state index contributed by atoms with van der Waals surface area (Å²) in [6, 6.07) is 20.9. The van der Waals surface area contributed by atoms with Crippen LogP contribution >= 0.6 is 0 Å². The van der Waals surface area contributed by atoms with Gasteiger partial charge in [0.2, 0.25) is 0 Å². The molecule has 1 aliphatic carbocycles. The topological polar surface area (TPSA) is 128 Å². The van der Waals surface area contributed by atoms with Gasteiger partial charge in [-0.25, -0.2) is 4.68 Å². The van der Waals surface area contributed by atoms with Gasteiger partial charge < -0.3 is 14.8 Å². The Hall–Kier alpha value is -5.12. The molecule has 1 aromatic heterocycles. The standard InChI is InChI=1S/C30H26N4O6/c1-39-24-13-10-18(16-25(24)40-2)19-14-22-27(23(35)15-19)26(17-8-11-21(12-9-17)34(37)38)28-29(31-22)32-33(30(28)36)20-6-4-3-5-7-20/h3-13,16,19,26,31-32H,14-15H2,1-2H3. The van der Waals surface area contributed by atoms with Crippen LogP contribution in [0.1, 0.15) is 41.4 Å². The van der Waals surface area contributed by atoms with Crippen molar-refractivity contribution in [2.24, 2.45) is 0 Å². The quantitative estimate of drug-likeness (QED) is 0.260. The normalized spacial score (nSPS) is 18.0. The SMILES string of the molecule is COc1ccc(C2CC(=O)C3=C(C2)Nc2[nH]n(-c4ccccc4)c(=O)c2C3c2ccc([N+](=O)[O-])cc2)cc1OC. The third kappa shape index (κ3) is 4.14. The van der Waals surface area contributed by atoms with Gasteiger partial charge in [-0.3, -0.25) is 24.8 Å². The fraction of sp³-hybridized carbons (Fsp3) is 0.200. The summed E-state index contributed by atoms with van der Waals surface area (Å²) in [5.41, 5.74) is 3.49. The first-order chi connectivity index (χ1) is 19.4. The van der Waals surface area contributed by atoms with Gasteiger partial charge in [0.15, 0.2) is 17.3 Å². The molecule has 6 rings (SSSR count). The highest BCUT2D eigenvalue weighted by atomic mass is 16.6. The number of hydrogen-bond acceptors (Lipinski definition) is 7. The first-order valence-electron chi connectivity index (χ1n) is 12.8. The number of nitrogens with one attached hydrogen (secondary N) is 2. The van der Waals surface area contributed by atoms with E-state index >= 15 is 0 Å². The molecule has 0 fully saturated rings. The smallest absolute Gasteiger partial charge is 0.277 e. The average molecular weight is 539 g/mol. The second kappa shape index (κ2) is 9.88. The molecule has 0 amide bonds. The van der Waals surface area contributed by atoms with Crippen LogP contribution in [0, 0.1) is 10.1 Å². The monoisotopic (exact) mass is 538 g/mol. The number of hydrogen-bond donors (Lipinski definition) is 2. The number of Topliss-reactive ketones (excluding diaryl/α,β-unsaturated/α-hetero) is 1. The summed E-state index contributed by atoms with van der Waals surface area (Å²) in [6.07, 6.45) is 0.768. The minimum absolute atomic E-state index is 0.0636. The fourth-order valence-electron chi connectivity index (χ4n) is 5.72. The molecule has 1 aliphatic heterocycles. The number of ketones is 1. The van der Waals surface area contributed by atoms with Crippen molar-refractivity contribution >= 4 is 17.3 Å². The van der Waals surface area contributed by atoms with E-state index in [1.165, 1.54) is 16.8 Å². The minimum Gasteiger partial charge on any atom is -0.493 e. The number of carbonyl (C=O) groups excluding carboxylic acids is 1. The van der Waals surface area contributed by atoms with Crippen molar-refractivity contribution in [1.29, 1.82) is 0 Å². The lowest BCUT2D eigenvalue weighted by Crippen LogP contribution is -2.32. The van der Waals surface area contributed by atoms with E-state index in [9.17, 15) is 19.7 Å². The predicted octanol–water partition coefficient (Wildman–Crippen LogP) is 5.05. The Morgan fingerprint density at radius 1 is 0.900 bits per heavy atom. The number of para-hydroxylation sites is 1. The summed E-state index contributed by atoms with van der Waals surface area (Å²) in [6.45, 7) is 0. The van der Waals surface area contributed by atoms with Crippen LogP contribution in [0.3, 0.4) is 0 Å². The Balaban J connectivity index is 1.47. The fourth-order valence-corrected chi connectivity index (χ4v) is 5.72. The van der Waals surface area contributed by atoms with E-state index in [0.717, 1.165) is 5.56 Å². The van der Waals surface area contributed by atoms with Crippen LogP contribution < -0.4 is 20.3 Å². The van der Waals surface area contributed by atoms with Gasteiger partial charge in [0.25, 0.3) is 11.2 Å². The zero-order valence-electron chi connectivity index (χ0n) is 21.8. The number of allylic oxidation sites excluding steroid dienone is 2. The molecule has 0 radical (unpaired) electrons. The number of benzene rings is 3. The Morgan fingerprint density at radius 3 is 2.27 bits per heavy atom. The molecular formula is C30H26N4O6. The zero-order valence-corrected chi connectivity index (χ0v) is 21.8. The number of nitrogens with zero attached hydrogens (tertiary/aromatic N) is 2. The van der Waals surface area contributed by atoms with Crippen molar-refractivity contribution in [3.8, 4) is 17.2 Å². The van der Waals surface area contributed by atoms with E-state index < -0.39 is 10.8 Å². The maximum absolute atomic E-state index is 13.9. The van der Waals surface area contributed by atoms with E-state index in [1.54, 1.807) is 26.4 Å². The number of H-pyrrole nitrogens is 1. The van der Waals surface area contributed by atoms with Crippen LogP contribution in [0.5, 0.6) is 11.5 Å². The molecule has 2 atom stereocenters. The molecule has 10 heteroatoms. The molecule has 10 nitrogen and oxygen atoms in total.